The fraction of sp³-hybridized carbons (Fsp3) is 0.533. The number of amides is 1. The molecule has 2 aliphatic rings. The molecule has 1 amide bonds. The van der Waals surface area contributed by atoms with Crippen LogP contribution in [0.5, 0.6) is 11.5 Å². The van der Waals surface area contributed by atoms with Gasteiger partial charge in [0.1, 0.15) is 0 Å². The van der Waals surface area contributed by atoms with Gasteiger partial charge in [-0.2, -0.15) is 0 Å². The molecule has 0 aliphatic carbocycles. The van der Waals surface area contributed by atoms with Crippen molar-refractivity contribution in [1.29, 1.82) is 0 Å². The first-order valence-corrected chi connectivity index (χ1v) is 7.78. The molecule has 0 N–H and O–H groups in total. The Morgan fingerprint density at radius 1 is 1.14 bits per heavy atom. The van der Waals surface area contributed by atoms with Gasteiger partial charge in [-0.05, 0) is 31.2 Å². The Morgan fingerprint density at radius 3 is 2.86 bits per heavy atom. The molecule has 114 valence electrons. The smallest absolute Gasteiger partial charge is 0.254 e. The average Bonchev–Trinajstić information content (AvgIpc) is 2.85. The van der Waals surface area contributed by atoms with Crippen LogP contribution in [0.1, 0.15) is 16.8 Å². The van der Waals surface area contributed by atoms with Gasteiger partial charge in [0.05, 0.1) is 0 Å². The van der Waals surface area contributed by atoms with Crippen molar-refractivity contribution in [2.24, 2.45) is 0 Å². The number of carbonyl (C=O) groups excluding carboxylic acids is 1. The third-order valence-electron chi connectivity index (χ3n) is 3.90. The van der Waals surface area contributed by atoms with Gasteiger partial charge < -0.3 is 19.3 Å². The molecule has 0 radical (unpaired) electrons. The van der Waals surface area contributed by atoms with Crippen molar-refractivity contribution >= 4 is 17.5 Å². The quantitative estimate of drug-likeness (QED) is 0.799. The molecule has 21 heavy (non-hydrogen) atoms. The van der Waals surface area contributed by atoms with E-state index in [1.807, 2.05) is 4.90 Å². The highest BCUT2D eigenvalue weighted by molar-refractivity contribution is 6.18. The number of carbonyl (C=O) groups is 1. The lowest BCUT2D eigenvalue weighted by Crippen LogP contribution is -2.35. The Kier molecular flexibility index (Phi) is 4.51. The number of ether oxygens (including phenoxy) is 2. The van der Waals surface area contributed by atoms with Crippen molar-refractivity contribution in [3.63, 3.8) is 0 Å². The van der Waals surface area contributed by atoms with Crippen LogP contribution in [0, 0.1) is 0 Å². The van der Waals surface area contributed by atoms with E-state index in [9.17, 15) is 4.79 Å². The molecule has 0 unspecified atom stereocenters. The van der Waals surface area contributed by atoms with Crippen molar-refractivity contribution < 1.29 is 14.3 Å². The molecule has 1 fully saturated rings. The standard InChI is InChI=1S/C15H19ClN2O3/c16-4-7-17-5-1-6-18(9-8-17)15(19)12-2-3-13-14(10-12)21-11-20-13/h2-3,10H,1,4-9,11H2. The van der Waals surface area contributed by atoms with Crippen LogP contribution >= 0.6 is 11.6 Å². The minimum atomic E-state index is 0.0565. The number of alkyl halides is 1. The predicted octanol–water partition coefficient (Wildman–Crippen LogP) is 1.80. The van der Waals surface area contributed by atoms with Gasteiger partial charge >= 0.3 is 0 Å². The lowest BCUT2D eigenvalue weighted by molar-refractivity contribution is 0.0761. The molecule has 0 atom stereocenters. The number of benzene rings is 1. The van der Waals surface area contributed by atoms with Crippen LogP contribution in [0.4, 0.5) is 0 Å². The van der Waals surface area contributed by atoms with E-state index in [-0.39, 0.29) is 12.7 Å². The Balaban J connectivity index is 1.67. The van der Waals surface area contributed by atoms with Crippen LogP contribution in [-0.4, -0.2) is 61.1 Å². The SMILES string of the molecule is O=C(c1ccc2c(c1)OCO2)N1CCCN(CCCl)CC1. The molecule has 5 nitrogen and oxygen atoms in total. The number of hydrogen-bond acceptors (Lipinski definition) is 4. The minimum Gasteiger partial charge on any atom is -0.454 e. The number of hydrogen-bond donors (Lipinski definition) is 0. The molecule has 0 saturated carbocycles. The summed E-state index contributed by atoms with van der Waals surface area (Å²) >= 11 is 5.79. The first kappa shape index (κ1) is 14.5. The van der Waals surface area contributed by atoms with Crippen molar-refractivity contribution in [2.45, 2.75) is 6.42 Å². The van der Waals surface area contributed by atoms with Gasteiger partial charge in [-0.1, -0.05) is 0 Å². The fourth-order valence-electron chi connectivity index (χ4n) is 2.73. The van der Waals surface area contributed by atoms with Crippen molar-refractivity contribution in [2.75, 3.05) is 45.4 Å². The second kappa shape index (κ2) is 6.54. The molecule has 0 spiro atoms. The highest BCUT2D eigenvalue weighted by Crippen LogP contribution is 2.32. The highest BCUT2D eigenvalue weighted by atomic mass is 35.5. The highest BCUT2D eigenvalue weighted by Gasteiger charge is 2.22. The van der Waals surface area contributed by atoms with Crippen LogP contribution < -0.4 is 9.47 Å². The number of nitrogens with zero attached hydrogens (tertiary/aromatic N) is 2. The van der Waals surface area contributed by atoms with Crippen molar-refractivity contribution in [3.8, 4) is 11.5 Å². The van der Waals surface area contributed by atoms with Crippen molar-refractivity contribution in [3.05, 3.63) is 23.8 Å². The number of fused-ring (bicyclic) bond motifs is 1. The predicted molar refractivity (Wildman–Crippen MR) is 80.2 cm³/mol. The first-order valence-electron chi connectivity index (χ1n) is 7.25. The monoisotopic (exact) mass is 310 g/mol. The molecular weight excluding hydrogens is 292 g/mol. The molecule has 0 bridgehead atoms. The Hall–Kier alpha value is -1.46. The van der Waals surface area contributed by atoms with Gasteiger partial charge in [-0.3, -0.25) is 4.79 Å². The van der Waals surface area contributed by atoms with E-state index in [4.69, 9.17) is 21.1 Å². The van der Waals surface area contributed by atoms with E-state index in [1.165, 1.54) is 0 Å². The van der Waals surface area contributed by atoms with Gasteiger partial charge in [0, 0.05) is 37.6 Å². The van der Waals surface area contributed by atoms with E-state index in [0.717, 1.165) is 39.1 Å². The van der Waals surface area contributed by atoms with E-state index >= 15 is 0 Å². The van der Waals surface area contributed by atoms with Gasteiger partial charge in [0.25, 0.3) is 5.91 Å². The molecule has 2 aliphatic heterocycles. The van der Waals surface area contributed by atoms with Crippen LogP contribution in [0.2, 0.25) is 0 Å². The third-order valence-corrected chi connectivity index (χ3v) is 4.07. The van der Waals surface area contributed by atoms with Crippen molar-refractivity contribution in [1.82, 2.24) is 9.80 Å². The molecule has 6 heteroatoms. The molecule has 1 saturated heterocycles. The summed E-state index contributed by atoms with van der Waals surface area (Å²) in [5.41, 5.74) is 0.657. The van der Waals surface area contributed by atoms with E-state index in [1.54, 1.807) is 18.2 Å². The summed E-state index contributed by atoms with van der Waals surface area (Å²) in [6.07, 6.45) is 0.979. The first-order chi connectivity index (χ1) is 10.3. The summed E-state index contributed by atoms with van der Waals surface area (Å²) in [7, 11) is 0. The summed E-state index contributed by atoms with van der Waals surface area (Å²) in [6, 6.07) is 5.37. The van der Waals surface area contributed by atoms with E-state index in [0.29, 0.717) is 22.9 Å². The topological polar surface area (TPSA) is 42.0 Å². The van der Waals surface area contributed by atoms with Crippen LogP contribution in [0.15, 0.2) is 18.2 Å². The fourth-order valence-corrected chi connectivity index (χ4v) is 2.97. The van der Waals surface area contributed by atoms with Gasteiger partial charge in [0.15, 0.2) is 11.5 Å². The Bertz CT molecular complexity index is 524. The van der Waals surface area contributed by atoms with Crippen LogP contribution in [0.25, 0.3) is 0 Å². The summed E-state index contributed by atoms with van der Waals surface area (Å²) in [4.78, 5) is 16.8. The van der Waals surface area contributed by atoms with Gasteiger partial charge in [0.2, 0.25) is 6.79 Å². The summed E-state index contributed by atoms with van der Waals surface area (Å²) in [6.45, 7) is 4.51. The molecule has 1 aromatic carbocycles. The second-order valence-electron chi connectivity index (χ2n) is 5.24. The summed E-state index contributed by atoms with van der Waals surface area (Å²) in [5, 5.41) is 0. The maximum atomic E-state index is 12.6. The molecule has 0 aromatic heterocycles. The summed E-state index contributed by atoms with van der Waals surface area (Å²) in [5.74, 6) is 2.05. The molecule has 2 heterocycles. The van der Waals surface area contributed by atoms with E-state index < -0.39 is 0 Å². The number of halogens is 1. The zero-order valence-corrected chi connectivity index (χ0v) is 12.6. The maximum Gasteiger partial charge on any atom is 0.254 e. The summed E-state index contributed by atoms with van der Waals surface area (Å²) < 4.78 is 10.6. The lowest BCUT2D eigenvalue weighted by Gasteiger charge is -2.21. The molecule has 1 aromatic rings. The largest absolute Gasteiger partial charge is 0.454 e. The Morgan fingerprint density at radius 2 is 2.00 bits per heavy atom. The second-order valence-corrected chi connectivity index (χ2v) is 5.62. The molecular formula is C15H19ClN2O3. The normalized spacial score (nSPS) is 18.6. The zero-order chi connectivity index (χ0) is 14.7. The average molecular weight is 311 g/mol. The lowest BCUT2D eigenvalue weighted by atomic mass is 10.1. The number of rotatable bonds is 3. The minimum absolute atomic E-state index is 0.0565. The van der Waals surface area contributed by atoms with Gasteiger partial charge in [-0.25, -0.2) is 0 Å². The molecule has 3 rings (SSSR count). The maximum absolute atomic E-state index is 12.6. The van der Waals surface area contributed by atoms with E-state index in [2.05, 4.69) is 4.90 Å². The Labute approximate surface area is 129 Å². The zero-order valence-electron chi connectivity index (χ0n) is 11.9. The van der Waals surface area contributed by atoms with Crippen LogP contribution in [-0.2, 0) is 0 Å². The van der Waals surface area contributed by atoms with Crippen LogP contribution in [0.3, 0.4) is 0 Å². The third kappa shape index (κ3) is 3.24. The van der Waals surface area contributed by atoms with Gasteiger partial charge in [-0.15, -0.1) is 11.6 Å².